The largest absolute Gasteiger partial charge is 0.411 e. The molecule has 0 aromatic heterocycles. The van der Waals surface area contributed by atoms with E-state index in [4.69, 9.17) is 5.21 Å². The minimum Gasteiger partial charge on any atom is -0.411 e. The lowest BCUT2D eigenvalue weighted by atomic mass is 10.1. The van der Waals surface area contributed by atoms with Crippen molar-refractivity contribution < 1.29 is 10.0 Å². The van der Waals surface area contributed by atoms with Gasteiger partial charge in [-0.3, -0.25) is 0 Å². The molecule has 0 aromatic rings. The number of piperidine rings is 1. The van der Waals surface area contributed by atoms with Crippen LogP contribution in [-0.2, 0) is 0 Å². The molecule has 0 aromatic carbocycles. The van der Waals surface area contributed by atoms with E-state index in [1.165, 1.54) is 0 Å². The molecule has 1 fully saturated rings. The van der Waals surface area contributed by atoms with Gasteiger partial charge in [0, 0.05) is 32.5 Å². The number of carbonyl (C=O) groups is 1. The second kappa shape index (κ2) is 4.69. The van der Waals surface area contributed by atoms with Crippen molar-refractivity contribution in [1.82, 2.24) is 10.2 Å². The van der Waals surface area contributed by atoms with E-state index >= 15 is 0 Å². The minimum atomic E-state index is -0.0283. The Bertz CT molecular complexity index is 205. The van der Waals surface area contributed by atoms with Gasteiger partial charge in [-0.25, -0.2) is 4.79 Å². The topological polar surface area (TPSA) is 64.9 Å². The molecular weight excluding hydrogens is 170 g/mol. The summed E-state index contributed by atoms with van der Waals surface area (Å²) >= 11 is 0. The molecular formula is C8H15N3O2. The van der Waals surface area contributed by atoms with Crippen molar-refractivity contribution in [3.8, 4) is 0 Å². The van der Waals surface area contributed by atoms with Gasteiger partial charge in [0.1, 0.15) is 0 Å². The fourth-order valence-electron chi connectivity index (χ4n) is 1.33. The lowest BCUT2D eigenvalue weighted by Crippen LogP contribution is -2.44. The molecule has 0 atom stereocenters. The molecule has 0 aliphatic carbocycles. The van der Waals surface area contributed by atoms with Crippen LogP contribution in [0.5, 0.6) is 0 Å². The van der Waals surface area contributed by atoms with Crippen LogP contribution in [0.2, 0.25) is 0 Å². The number of carbonyl (C=O) groups excluding carboxylic acids is 1. The molecule has 1 aliphatic rings. The first-order chi connectivity index (χ1) is 6.27. The molecule has 74 valence electrons. The van der Waals surface area contributed by atoms with Crippen molar-refractivity contribution in [3.05, 3.63) is 0 Å². The van der Waals surface area contributed by atoms with Crippen molar-refractivity contribution in [2.45, 2.75) is 19.8 Å². The highest BCUT2D eigenvalue weighted by atomic mass is 16.4. The van der Waals surface area contributed by atoms with Crippen molar-refractivity contribution in [3.63, 3.8) is 0 Å². The molecule has 1 aliphatic heterocycles. The summed E-state index contributed by atoms with van der Waals surface area (Å²) < 4.78 is 0. The summed E-state index contributed by atoms with van der Waals surface area (Å²) in [4.78, 5) is 13.0. The molecule has 2 N–H and O–H groups in total. The van der Waals surface area contributed by atoms with Gasteiger partial charge in [-0.1, -0.05) is 5.16 Å². The average Bonchev–Trinajstić information content (AvgIpc) is 2.18. The highest BCUT2D eigenvalue weighted by Gasteiger charge is 2.18. The molecule has 5 heteroatoms. The van der Waals surface area contributed by atoms with Crippen molar-refractivity contribution in [1.29, 1.82) is 0 Å². The van der Waals surface area contributed by atoms with Gasteiger partial charge in [-0.05, 0) is 6.92 Å². The zero-order chi connectivity index (χ0) is 9.68. The Labute approximate surface area is 77.4 Å². The Morgan fingerprint density at radius 3 is 2.69 bits per heavy atom. The molecule has 1 heterocycles. The first-order valence-corrected chi connectivity index (χ1v) is 4.50. The van der Waals surface area contributed by atoms with Gasteiger partial charge >= 0.3 is 6.03 Å². The number of oxime groups is 1. The summed E-state index contributed by atoms with van der Waals surface area (Å²) in [7, 11) is 0. The normalized spacial score (nSPS) is 17.0. The smallest absolute Gasteiger partial charge is 0.317 e. The third-order valence-corrected chi connectivity index (χ3v) is 2.10. The Hall–Kier alpha value is -1.26. The average molecular weight is 185 g/mol. The van der Waals surface area contributed by atoms with Gasteiger partial charge < -0.3 is 15.4 Å². The van der Waals surface area contributed by atoms with E-state index < -0.39 is 0 Å². The lowest BCUT2D eigenvalue weighted by Gasteiger charge is -2.26. The molecule has 0 spiro atoms. The van der Waals surface area contributed by atoms with Gasteiger partial charge in [0.2, 0.25) is 0 Å². The fourth-order valence-corrected chi connectivity index (χ4v) is 1.33. The maximum absolute atomic E-state index is 11.3. The standard InChI is InChI=1S/C8H15N3O2/c1-2-9-8(12)11-5-3-7(10-13)4-6-11/h13H,2-6H2,1H3,(H,9,12). The summed E-state index contributed by atoms with van der Waals surface area (Å²) in [5, 5.41) is 14.4. The summed E-state index contributed by atoms with van der Waals surface area (Å²) in [6.07, 6.45) is 1.35. The number of nitrogens with zero attached hydrogens (tertiary/aromatic N) is 2. The monoisotopic (exact) mass is 185 g/mol. The van der Waals surface area contributed by atoms with Crippen LogP contribution in [0.1, 0.15) is 19.8 Å². The van der Waals surface area contributed by atoms with Gasteiger partial charge in [0.05, 0.1) is 5.71 Å². The first-order valence-electron chi connectivity index (χ1n) is 4.50. The third-order valence-electron chi connectivity index (χ3n) is 2.10. The molecule has 5 nitrogen and oxygen atoms in total. The van der Waals surface area contributed by atoms with Crippen LogP contribution in [0.4, 0.5) is 4.79 Å². The second-order valence-corrected chi connectivity index (χ2v) is 2.99. The number of likely N-dealkylation sites (tertiary alicyclic amines) is 1. The zero-order valence-electron chi connectivity index (χ0n) is 7.79. The van der Waals surface area contributed by atoms with E-state index in [0.717, 1.165) is 5.71 Å². The highest BCUT2D eigenvalue weighted by molar-refractivity contribution is 5.86. The molecule has 0 radical (unpaired) electrons. The number of amides is 2. The van der Waals surface area contributed by atoms with Gasteiger partial charge in [0.25, 0.3) is 0 Å². The Kier molecular flexibility index (Phi) is 3.54. The minimum absolute atomic E-state index is 0.0283. The Balaban J connectivity index is 2.36. The number of hydrogen-bond donors (Lipinski definition) is 2. The van der Waals surface area contributed by atoms with E-state index in [2.05, 4.69) is 10.5 Å². The SMILES string of the molecule is CCNC(=O)N1CCC(=NO)CC1. The van der Waals surface area contributed by atoms with Crippen molar-refractivity contribution >= 4 is 11.7 Å². The van der Waals surface area contributed by atoms with E-state index in [-0.39, 0.29) is 6.03 Å². The highest BCUT2D eigenvalue weighted by Crippen LogP contribution is 2.06. The number of hydrogen-bond acceptors (Lipinski definition) is 3. The molecule has 0 bridgehead atoms. The predicted octanol–water partition coefficient (Wildman–Crippen LogP) is 0.642. The number of urea groups is 1. The van der Waals surface area contributed by atoms with E-state index in [9.17, 15) is 4.79 Å². The van der Waals surface area contributed by atoms with Crippen LogP contribution >= 0.6 is 0 Å². The van der Waals surface area contributed by atoms with Crippen LogP contribution in [0, 0.1) is 0 Å². The quantitative estimate of drug-likeness (QED) is 0.465. The maximum Gasteiger partial charge on any atom is 0.317 e. The van der Waals surface area contributed by atoms with Gasteiger partial charge in [-0.2, -0.15) is 0 Å². The third kappa shape index (κ3) is 2.61. The molecule has 1 saturated heterocycles. The summed E-state index contributed by atoms with van der Waals surface area (Å²) in [6, 6.07) is -0.0283. The van der Waals surface area contributed by atoms with Crippen molar-refractivity contribution in [2.75, 3.05) is 19.6 Å². The predicted molar refractivity (Wildman–Crippen MR) is 49.1 cm³/mol. The van der Waals surface area contributed by atoms with Crippen molar-refractivity contribution in [2.24, 2.45) is 5.16 Å². The van der Waals surface area contributed by atoms with E-state index in [1.54, 1.807) is 4.90 Å². The summed E-state index contributed by atoms with van der Waals surface area (Å²) in [6.45, 7) is 3.83. The zero-order valence-corrected chi connectivity index (χ0v) is 7.79. The molecule has 0 unspecified atom stereocenters. The van der Waals surface area contributed by atoms with Crippen LogP contribution in [0.3, 0.4) is 0 Å². The second-order valence-electron chi connectivity index (χ2n) is 2.99. The summed E-state index contributed by atoms with van der Waals surface area (Å²) in [5.41, 5.74) is 0.778. The van der Waals surface area contributed by atoms with Crippen LogP contribution < -0.4 is 5.32 Å². The molecule has 13 heavy (non-hydrogen) atoms. The lowest BCUT2D eigenvalue weighted by molar-refractivity contribution is 0.197. The van der Waals surface area contributed by atoms with Crippen LogP contribution in [0.25, 0.3) is 0 Å². The fraction of sp³-hybridized carbons (Fsp3) is 0.750. The number of nitrogens with one attached hydrogen (secondary N) is 1. The Morgan fingerprint density at radius 2 is 2.23 bits per heavy atom. The van der Waals surface area contributed by atoms with E-state index in [0.29, 0.717) is 32.5 Å². The van der Waals surface area contributed by atoms with Crippen LogP contribution in [0.15, 0.2) is 5.16 Å². The summed E-state index contributed by atoms with van der Waals surface area (Å²) in [5.74, 6) is 0. The maximum atomic E-state index is 11.3. The number of rotatable bonds is 1. The first kappa shape index (κ1) is 9.83. The van der Waals surface area contributed by atoms with Gasteiger partial charge in [-0.15, -0.1) is 0 Å². The van der Waals surface area contributed by atoms with E-state index in [1.807, 2.05) is 6.92 Å². The Morgan fingerprint density at radius 1 is 1.62 bits per heavy atom. The molecule has 2 amide bonds. The molecule has 1 rings (SSSR count). The van der Waals surface area contributed by atoms with Gasteiger partial charge in [0.15, 0.2) is 0 Å². The van der Waals surface area contributed by atoms with Crippen LogP contribution in [-0.4, -0.2) is 41.5 Å². The molecule has 0 saturated carbocycles.